The van der Waals surface area contributed by atoms with Gasteiger partial charge in [0.1, 0.15) is 6.04 Å². The molecule has 35 heavy (non-hydrogen) atoms. The molecule has 1 aliphatic rings. The second-order valence-corrected chi connectivity index (χ2v) is 11.0. The van der Waals surface area contributed by atoms with Gasteiger partial charge in [-0.1, -0.05) is 42.3 Å². The first-order valence-electron chi connectivity index (χ1n) is 11.3. The second kappa shape index (κ2) is 11.2. The average molecular weight is 532 g/mol. The Hall–Kier alpha value is -2.30. The topological polar surface area (TPSA) is 69.7 Å². The lowest BCUT2D eigenvalue weighted by atomic mass is 10.1. The van der Waals surface area contributed by atoms with Crippen molar-refractivity contribution in [3.8, 4) is 0 Å². The lowest BCUT2D eigenvalue weighted by Gasteiger charge is -2.29. The molecule has 2 aromatic rings. The van der Waals surface area contributed by atoms with E-state index in [4.69, 9.17) is 11.6 Å². The molecule has 1 aliphatic heterocycles. The van der Waals surface area contributed by atoms with E-state index in [0.29, 0.717) is 10.4 Å². The Bertz CT molecular complexity index is 1130. The van der Waals surface area contributed by atoms with Crippen LogP contribution < -0.4 is 9.62 Å². The third-order valence-electron chi connectivity index (χ3n) is 5.94. The number of carbonyl (C=O) groups is 1. The Morgan fingerprint density at radius 2 is 1.69 bits per heavy atom. The summed E-state index contributed by atoms with van der Waals surface area (Å²) < 4.78 is 65.4. The van der Waals surface area contributed by atoms with E-state index in [1.165, 1.54) is 31.7 Å². The number of anilines is 1. The first kappa shape index (κ1) is 27.3. The van der Waals surface area contributed by atoms with Gasteiger partial charge >= 0.3 is 6.18 Å². The average Bonchev–Trinajstić information content (AvgIpc) is 2.78. The molecular formula is C24H29ClF3N3O3S. The Morgan fingerprint density at radius 3 is 2.26 bits per heavy atom. The predicted molar refractivity (Wildman–Crippen MR) is 131 cm³/mol. The normalized spacial score (nSPS) is 16.1. The zero-order chi connectivity index (χ0) is 25.8. The summed E-state index contributed by atoms with van der Waals surface area (Å²) in [4.78, 5) is 15.2. The number of sulfonamides is 1. The van der Waals surface area contributed by atoms with Crippen molar-refractivity contribution in [2.45, 2.75) is 51.5 Å². The van der Waals surface area contributed by atoms with E-state index in [0.717, 1.165) is 43.6 Å². The molecular weight excluding hydrogens is 503 g/mol. The molecule has 3 rings (SSSR count). The SMILES string of the molecule is CC(C(=O)NCc1ccc(CN2CCCCC2)cc1)N(c1ccc(Cl)c(C(F)(F)F)c1)S(C)(=O)=O. The molecule has 1 fully saturated rings. The lowest BCUT2D eigenvalue weighted by Crippen LogP contribution is -2.47. The van der Waals surface area contributed by atoms with Gasteiger partial charge in [-0.05, 0) is 62.2 Å². The molecule has 1 unspecified atom stereocenters. The van der Waals surface area contributed by atoms with Crippen LogP contribution in [0.15, 0.2) is 42.5 Å². The maximum absolute atomic E-state index is 13.3. The summed E-state index contributed by atoms with van der Waals surface area (Å²) in [5.41, 5.74) is 0.517. The highest BCUT2D eigenvalue weighted by Gasteiger charge is 2.36. The third kappa shape index (κ3) is 7.35. The van der Waals surface area contributed by atoms with E-state index < -0.39 is 38.7 Å². The number of nitrogens with one attached hydrogen (secondary N) is 1. The number of piperidine rings is 1. The van der Waals surface area contributed by atoms with Gasteiger partial charge in [-0.2, -0.15) is 13.2 Å². The molecule has 6 nitrogen and oxygen atoms in total. The number of carbonyl (C=O) groups excluding carboxylic acids is 1. The zero-order valence-corrected chi connectivity index (χ0v) is 21.2. The molecule has 0 radical (unpaired) electrons. The minimum absolute atomic E-state index is 0.152. The van der Waals surface area contributed by atoms with Crippen LogP contribution in [-0.2, 0) is 34.1 Å². The Kier molecular flexibility index (Phi) is 8.72. The maximum Gasteiger partial charge on any atom is 0.417 e. The summed E-state index contributed by atoms with van der Waals surface area (Å²) >= 11 is 5.66. The number of likely N-dealkylation sites (tertiary alicyclic amines) is 1. The van der Waals surface area contributed by atoms with Crippen molar-refractivity contribution >= 4 is 33.2 Å². The summed E-state index contributed by atoms with van der Waals surface area (Å²) in [6.07, 6.45) is -0.256. The number of nitrogens with zero attached hydrogens (tertiary/aromatic N) is 2. The van der Waals surface area contributed by atoms with Gasteiger partial charge in [0.15, 0.2) is 0 Å². The number of amides is 1. The van der Waals surface area contributed by atoms with E-state index in [-0.39, 0.29) is 12.2 Å². The monoisotopic (exact) mass is 531 g/mol. The fourth-order valence-corrected chi connectivity index (χ4v) is 5.54. The Morgan fingerprint density at radius 1 is 1.09 bits per heavy atom. The van der Waals surface area contributed by atoms with Gasteiger partial charge in [0.05, 0.1) is 22.5 Å². The molecule has 0 spiro atoms. The van der Waals surface area contributed by atoms with Crippen molar-refractivity contribution in [2.24, 2.45) is 0 Å². The highest BCUT2D eigenvalue weighted by Crippen LogP contribution is 2.37. The molecule has 192 valence electrons. The number of hydrogen-bond acceptors (Lipinski definition) is 4. The molecule has 0 bridgehead atoms. The van der Waals surface area contributed by atoms with Crippen LogP contribution in [0.25, 0.3) is 0 Å². The van der Waals surface area contributed by atoms with Crippen LogP contribution in [-0.4, -0.2) is 44.6 Å². The molecule has 1 heterocycles. The first-order valence-corrected chi connectivity index (χ1v) is 13.5. The van der Waals surface area contributed by atoms with Gasteiger partial charge in [0, 0.05) is 13.1 Å². The smallest absolute Gasteiger partial charge is 0.350 e. The molecule has 1 N–H and O–H groups in total. The lowest BCUT2D eigenvalue weighted by molar-refractivity contribution is -0.137. The fraction of sp³-hybridized carbons (Fsp3) is 0.458. The second-order valence-electron chi connectivity index (χ2n) is 8.77. The zero-order valence-electron chi connectivity index (χ0n) is 19.6. The van der Waals surface area contributed by atoms with Crippen molar-refractivity contribution in [1.82, 2.24) is 10.2 Å². The molecule has 11 heteroatoms. The summed E-state index contributed by atoms with van der Waals surface area (Å²) in [6.45, 7) is 4.52. The molecule has 0 aromatic heterocycles. The van der Waals surface area contributed by atoms with E-state index in [1.807, 2.05) is 24.3 Å². The summed E-state index contributed by atoms with van der Waals surface area (Å²) in [6, 6.07) is 9.24. The van der Waals surface area contributed by atoms with Crippen molar-refractivity contribution in [1.29, 1.82) is 0 Å². The highest BCUT2D eigenvalue weighted by atomic mass is 35.5. The molecule has 1 atom stereocenters. The van der Waals surface area contributed by atoms with Crippen LogP contribution in [0, 0.1) is 0 Å². The number of alkyl halides is 3. The standard InChI is InChI=1S/C24H29ClF3N3O3S/c1-17(31(35(2,33)34)20-10-11-22(25)21(14-20)24(26,27)28)23(32)29-15-18-6-8-19(9-7-18)16-30-12-4-3-5-13-30/h6-11,14,17H,3-5,12-13,15-16H2,1-2H3,(H,29,32). The van der Waals surface area contributed by atoms with Gasteiger partial charge < -0.3 is 5.32 Å². The summed E-state index contributed by atoms with van der Waals surface area (Å²) in [7, 11) is -4.08. The Balaban J connectivity index is 1.68. The number of halogens is 4. The molecule has 0 saturated carbocycles. The molecule has 0 aliphatic carbocycles. The fourth-order valence-electron chi connectivity index (χ4n) is 4.15. The van der Waals surface area contributed by atoms with Crippen molar-refractivity contribution < 1.29 is 26.4 Å². The maximum atomic E-state index is 13.3. The molecule has 2 aromatic carbocycles. The molecule has 1 amide bonds. The van der Waals surface area contributed by atoms with Crippen LogP contribution >= 0.6 is 11.6 Å². The van der Waals surface area contributed by atoms with Crippen molar-refractivity contribution in [2.75, 3.05) is 23.7 Å². The van der Waals surface area contributed by atoms with Gasteiger partial charge in [-0.25, -0.2) is 8.42 Å². The number of hydrogen-bond donors (Lipinski definition) is 1. The van der Waals surface area contributed by atoms with Crippen LogP contribution in [0.5, 0.6) is 0 Å². The quantitative estimate of drug-likeness (QED) is 0.530. The highest BCUT2D eigenvalue weighted by molar-refractivity contribution is 7.92. The van der Waals surface area contributed by atoms with Crippen molar-refractivity contribution in [3.63, 3.8) is 0 Å². The summed E-state index contributed by atoms with van der Waals surface area (Å²) in [5, 5.41) is 2.11. The predicted octanol–water partition coefficient (Wildman–Crippen LogP) is 4.82. The van der Waals surface area contributed by atoms with Gasteiger partial charge in [-0.15, -0.1) is 0 Å². The minimum Gasteiger partial charge on any atom is -0.350 e. The van der Waals surface area contributed by atoms with E-state index in [2.05, 4.69) is 10.2 Å². The van der Waals surface area contributed by atoms with Crippen molar-refractivity contribution in [3.05, 3.63) is 64.2 Å². The van der Waals surface area contributed by atoms with Gasteiger partial charge in [0.2, 0.25) is 15.9 Å². The van der Waals surface area contributed by atoms with E-state index in [9.17, 15) is 26.4 Å². The van der Waals surface area contributed by atoms with E-state index >= 15 is 0 Å². The van der Waals surface area contributed by atoms with Crippen LogP contribution in [0.1, 0.15) is 42.9 Å². The largest absolute Gasteiger partial charge is 0.417 e. The first-order chi connectivity index (χ1) is 16.4. The number of benzene rings is 2. The third-order valence-corrected chi connectivity index (χ3v) is 7.51. The van der Waals surface area contributed by atoms with Crippen LogP contribution in [0.3, 0.4) is 0 Å². The number of rotatable bonds is 8. The Labute approximate surface area is 209 Å². The van der Waals surface area contributed by atoms with Crippen LogP contribution in [0.2, 0.25) is 5.02 Å². The van der Waals surface area contributed by atoms with E-state index in [1.54, 1.807) is 0 Å². The molecule has 1 saturated heterocycles. The van der Waals surface area contributed by atoms with Gasteiger partial charge in [0.25, 0.3) is 0 Å². The summed E-state index contributed by atoms with van der Waals surface area (Å²) in [5.74, 6) is -0.642. The van der Waals surface area contributed by atoms with Gasteiger partial charge in [-0.3, -0.25) is 14.0 Å². The minimum atomic E-state index is -4.78. The van der Waals surface area contributed by atoms with Crippen LogP contribution in [0.4, 0.5) is 18.9 Å².